The smallest absolute Gasteiger partial charge is 0.264 e. The van der Waals surface area contributed by atoms with E-state index in [9.17, 15) is 14.7 Å². The second kappa shape index (κ2) is 4.64. The van der Waals surface area contributed by atoms with E-state index in [1.807, 2.05) is 26.8 Å². The van der Waals surface area contributed by atoms with Crippen LogP contribution in [0.15, 0.2) is 18.2 Å². The summed E-state index contributed by atoms with van der Waals surface area (Å²) in [6, 6.07) is 5.47. The van der Waals surface area contributed by atoms with Crippen molar-refractivity contribution in [3.05, 3.63) is 29.3 Å². The molecule has 1 amide bonds. The summed E-state index contributed by atoms with van der Waals surface area (Å²) in [6.07, 6.45) is 0.193. The van der Waals surface area contributed by atoms with Crippen molar-refractivity contribution in [2.75, 3.05) is 18.6 Å². The fourth-order valence-corrected chi connectivity index (χ4v) is 3.41. The number of aryl methyl sites for hydroxylation is 1. The molecule has 1 N–H and O–H groups in total. The fraction of sp³-hybridized carbons (Fsp3) is 0.529. The van der Waals surface area contributed by atoms with Crippen molar-refractivity contribution in [3.8, 4) is 0 Å². The predicted octanol–water partition coefficient (Wildman–Crippen LogP) is 1.54. The van der Waals surface area contributed by atoms with E-state index in [4.69, 9.17) is 4.74 Å². The highest BCUT2D eigenvalue weighted by Gasteiger charge is 2.57. The lowest BCUT2D eigenvalue weighted by atomic mass is 9.75. The van der Waals surface area contributed by atoms with Crippen LogP contribution in [0.1, 0.15) is 31.4 Å². The molecule has 1 fully saturated rings. The van der Waals surface area contributed by atoms with Gasteiger partial charge in [-0.1, -0.05) is 17.7 Å². The molecule has 0 aromatic heterocycles. The van der Waals surface area contributed by atoms with E-state index >= 15 is 0 Å². The number of ether oxygens (including phenoxy) is 1. The molecule has 2 aliphatic heterocycles. The number of benzene rings is 1. The molecule has 0 unspecified atom stereocenters. The minimum atomic E-state index is -1.83. The summed E-state index contributed by atoms with van der Waals surface area (Å²) in [5.74, 6) is -1.46. The van der Waals surface area contributed by atoms with Crippen LogP contribution in [-0.2, 0) is 19.9 Å². The average Bonchev–Trinajstić information content (AvgIpc) is 2.60. The van der Waals surface area contributed by atoms with Gasteiger partial charge < -0.3 is 14.7 Å². The molecular formula is C17H21NO4. The van der Waals surface area contributed by atoms with Crippen molar-refractivity contribution in [2.45, 2.75) is 38.4 Å². The van der Waals surface area contributed by atoms with Crippen molar-refractivity contribution in [2.24, 2.45) is 5.92 Å². The van der Waals surface area contributed by atoms with E-state index in [1.54, 1.807) is 19.2 Å². The molecule has 118 valence electrons. The molecular weight excluding hydrogens is 282 g/mol. The molecule has 0 radical (unpaired) electrons. The van der Waals surface area contributed by atoms with Gasteiger partial charge in [0.25, 0.3) is 5.91 Å². The standard InChI is InChI=1S/C17H21NO4/c1-10-5-6-13-11(7-10)17(21,15(20)18(13)4)12-9-22-16(2,3)8-14(12)19/h5-7,12,21H,8-9H2,1-4H3/t12-,17-/m0/s1. The normalized spacial score (nSPS) is 30.6. The Labute approximate surface area is 129 Å². The first-order valence-electron chi connectivity index (χ1n) is 7.45. The van der Waals surface area contributed by atoms with E-state index < -0.39 is 23.0 Å². The number of hydrogen-bond acceptors (Lipinski definition) is 4. The summed E-state index contributed by atoms with van der Waals surface area (Å²) < 4.78 is 5.70. The van der Waals surface area contributed by atoms with Gasteiger partial charge in [0.15, 0.2) is 5.60 Å². The lowest BCUT2D eigenvalue weighted by Gasteiger charge is -2.39. The van der Waals surface area contributed by atoms with Crippen LogP contribution >= 0.6 is 0 Å². The number of Topliss-reactive ketones (excluding diaryl/α,β-unsaturated/α-hetero) is 1. The van der Waals surface area contributed by atoms with Crippen LogP contribution in [-0.4, -0.2) is 36.1 Å². The Morgan fingerprint density at radius 2 is 2.00 bits per heavy atom. The fourth-order valence-electron chi connectivity index (χ4n) is 3.41. The number of carbonyl (C=O) groups is 2. The number of nitrogens with zero attached hydrogens (tertiary/aromatic N) is 1. The SMILES string of the molecule is Cc1ccc2c(c1)[C@](O)([C@H]1COC(C)(C)CC1=O)C(=O)N2C. The number of anilines is 1. The van der Waals surface area contributed by atoms with Gasteiger partial charge in [0.2, 0.25) is 0 Å². The molecule has 2 atom stereocenters. The van der Waals surface area contributed by atoms with E-state index in [0.29, 0.717) is 11.3 Å². The van der Waals surface area contributed by atoms with Gasteiger partial charge in [-0.3, -0.25) is 9.59 Å². The van der Waals surface area contributed by atoms with E-state index in [1.165, 1.54) is 4.90 Å². The summed E-state index contributed by atoms with van der Waals surface area (Å²) in [5.41, 5.74) is -0.293. The summed E-state index contributed by atoms with van der Waals surface area (Å²) in [5, 5.41) is 11.2. The molecule has 5 heteroatoms. The Morgan fingerprint density at radius 3 is 2.64 bits per heavy atom. The molecule has 0 saturated carbocycles. The van der Waals surface area contributed by atoms with Gasteiger partial charge in [-0.25, -0.2) is 0 Å². The lowest BCUT2D eigenvalue weighted by molar-refractivity contribution is -0.172. The summed E-state index contributed by atoms with van der Waals surface area (Å²) >= 11 is 0. The van der Waals surface area contributed by atoms with Crippen LogP contribution in [0.3, 0.4) is 0 Å². The third-order valence-corrected chi connectivity index (χ3v) is 4.69. The van der Waals surface area contributed by atoms with Crippen molar-refractivity contribution in [3.63, 3.8) is 0 Å². The summed E-state index contributed by atoms with van der Waals surface area (Å²) in [7, 11) is 1.62. The first-order valence-corrected chi connectivity index (χ1v) is 7.45. The zero-order chi connectivity index (χ0) is 16.3. The average molecular weight is 303 g/mol. The van der Waals surface area contributed by atoms with Crippen molar-refractivity contribution in [1.29, 1.82) is 0 Å². The van der Waals surface area contributed by atoms with Gasteiger partial charge in [0, 0.05) is 19.0 Å². The van der Waals surface area contributed by atoms with Gasteiger partial charge in [-0.2, -0.15) is 0 Å². The number of hydrogen-bond donors (Lipinski definition) is 1. The highest BCUT2D eigenvalue weighted by atomic mass is 16.5. The van der Waals surface area contributed by atoms with Crippen LogP contribution in [0.2, 0.25) is 0 Å². The highest BCUT2D eigenvalue weighted by molar-refractivity contribution is 6.09. The lowest BCUT2D eigenvalue weighted by Crippen LogP contribution is -2.54. The van der Waals surface area contributed by atoms with Crippen LogP contribution in [0, 0.1) is 12.8 Å². The monoisotopic (exact) mass is 303 g/mol. The zero-order valence-electron chi connectivity index (χ0n) is 13.3. The van der Waals surface area contributed by atoms with Crippen molar-refractivity contribution < 1.29 is 19.4 Å². The van der Waals surface area contributed by atoms with Crippen molar-refractivity contribution in [1.82, 2.24) is 0 Å². The zero-order valence-corrected chi connectivity index (χ0v) is 13.3. The molecule has 1 aromatic carbocycles. The molecule has 3 rings (SSSR count). The maximum atomic E-state index is 12.7. The second-order valence-corrected chi connectivity index (χ2v) is 6.92. The number of aliphatic hydroxyl groups is 1. The van der Waals surface area contributed by atoms with E-state index in [0.717, 1.165) is 5.56 Å². The largest absolute Gasteiger partial charge is 0.375 e. The van der Waals surface area contributed by atoms with Gasteiger partial charge in [-0.15, -0.1) is 0 Å². The third-order valence-electron chi connectivity index (χ3n) is 4.69. The summed E-state index contributed by atoms with van der Waals surface area (Å²) in [6.45, 7) is 5.62. The van der Waals surface area contributed by atoms with Gasteiger partial charge in [0.1, 0.15) is 5.78 Å². The highest BCUT2D eigenvalue weighted by Crippen LogP contribution is 2.46. The van der Waals surface area contributed by atoms with Gasteiger partial charge >= 0.3 is 0 Å². The Hall–Kier alpha value is -1.72. The molecule has 1 saturated heterocycles. The number of fused-ring (bicyclic) bond motifs is 1. The number of rotatable bonds is 1. The third kappa shape index (κ3) is 2.00. The van der Waals surface area contributed by atoms with Gasteiger partial charge in [0.05, 0.1) is 23.8 Å². The maximum absolute atomic E-state index is 12.7. The van der Waals surface area contributed by atoms with Gasteiger partial charge in [-0.05, 0) is 26.8 Å². The molecule has 22 heavy (non-hydrogen) atoms. The number of amides is 1. The quantitative estimate of drug-likeness (QED) is 0.854. The molecule has 1 aromatic rings. The second-order valence-electron chi connectivity index (χ2n) is 6.92. The summed E-state index contributed by atoms with van der Waals surface area (Å²) in [4.78, 5) is 26.6. The first kappa shape index (κ1) is 15.2. The molecule has 0 aliphatic carbocycles. The van der Waals surface area contributed by atoms with Crippen LogP contribution < -0.4 is 4.90 Å². The minimum absolute atomic E-state index is 0.0509. The number of likely N-dealkylation sites (N-methyl/N-ethyl adjacent to an activating group) is 1. The number of carbonyl (C=O) groups excluding carboxylic acids is 2. The van der Waals surface area contributed by atoms with E-state index in [-0.39, 0.29) is 18.8 Å². The number of ketones is 1. The Balaban J connectivity index is 2.08. The van der Waals surface area contributed by atoms with E-state index in [2.05, 4.69) is 0 Å². The maximum Gasteiger partial charge on any atom is 0.264 e. The minimum Gasteiger partial charge on any atom is -0.375 e. The Kier molecular flexibility index (Phi) is 3.20. The first-order chi connectivity index (χ1) is 10.2. The van der Waals surface area contributed by atoms with Crippen LogP contribution in [0.25, 0.3) is 0 Å². The topological polar surface area (TPSA) is 66.8 Å². The molecule has 5 nitrogen and oxygen atoms in total. The molecule has 0 bridgehead atoms. The molecule has 2 aliphatic rings. The molecule has 0 spiro atoms. The van der Waals surface area contributed by atoms with Crippen LogP contribution in [0.4, 0.5) is 5.69 Å². The predicted molar refractivity (Wildman–Crippen MR) is 81.6 cm³/mol. The Bertz CT molecular complexity index is 667. The molecule has 2 heterocycles. The van der Waals surface area contributed by atoms with Crippen molar-refractivity contribution >= 4 is 17.4 Å². The van der Waals surface area contributed by atoms with Crippen LogP contribution in [0.5, 0.6) is 0 Å². The Morgan fingerprint density at radius 1 is 1.32 bits per heavy atom.